The van der Waals surface area contributed by atoms with E-state index in [4.69, 9.17) is 5.11 Å². The van der Waals surface area contributed by atoms with E-state index in [2.05, 4.69) is 5.32 Å². The highest BCUT2D eigenvalue weighted by Crippen LogP contribution is 2.29. The second kappa shape index (κ2) is 3.53. The van der Waals surface area contributed by atoms with Crippen LogP contribution in [0.3, 0.4) is 0 Å². The Morgan fingerprint density at radius 3 is 2.54 bits per heavy atom. The first-order valence-corrected chi connectivity index (χ1v) is 3.90. The highest BCUT2D eigenvalue weighted by Gasteiger charge is 2.40. The van der Waals surface area contributed by atoms with Crippen LogP contribution in [0.25, 0.3) is 0 Å². The molecule has 76 valence electrons. The van der Waals surface area contributed by atoms with Crippen LogP contribution >= 0.6 is 0 Å². The van der Waals surface area contributed by atoms with Gasteiger partial charge in [0.1, 0.15) is 0 Å². The van der Waals surface area contributed by atoms with Crippen molar-refractivity contribution in [2.45, 2.75) is 25.1 Å². The standard InChI is InChI=1S/C7H10F3NO2/c8-7(9,10)2-4-1-5(3-12)11-6(4)13/h4-5,12H,1-3H2,(H,11,13)/t4-,5+/m1/s1. The van der Waals surface area contributed by atoms with Gasteiger partial charge in [0, 0.05) is 5.92 Å². The molecule has 0 aromatic heterocycles. The van der Waals surface area contributed by atoms with Crippen molar-refractivity contribution in [3.63, 3.8) is 0 Å². The van der Waals surface area contributed by atoms with E-state index in [9.17, 15) is 18.0 Å². The maximum absolute atomic E-state index is 11.9. The van der Waals surface area contributed by atoms with Crippen LogP contribution in [0.1, 0.15) is 12.8 Å². The number of rotatable bonds is 2. The maximum atomic E-state index is 11.9. The number of carbonyl (C=O) groups excluding carboxylic acids is 1. The molecule has 0 unspecified atom stereocenters. The molecular formula is C7H10F3NO2. The Kier molecular flexibility index (Phi) is 2.80. The third-order valence-electron chi connectivity index (χ3n) is 1.98. The molecule has 1 fully saturated rings. The quantitative estimate of drug-likeness (QED) is 0.674. The normalized spacial score (nSPS) is 29.1. The second-order valence-electron chi connectivity index (χ2n) is 3.14. The molecule has 1 aliphatic rings. The summed E-state index contributed by atoms with van der Waals surface area (Å²) >= 11 is 0. The van der Waals surface area contributed by atoms with Crippen LogP contribution in [0.5, 0.6) is 0 Å². The smallest absolute Gasteiger partial charge is 0.389 e. The van der Waals surface area contributed by atoms with Gasteiger partial charge >= 0.3 is 6.18 Å². The predicted octanol–water partition coefficient (Wildman–Crippen LogP) is 0.436. The third-order valence-corrected chi connectivity index (χ3v) is 1.98. The Balaban J connectivity index is 2.49. The molecule has 1 amide bonds. The summed E-state index contributed by atoms with van der Waals surface area (Å²) in [4.78, 5) is 10.9. The molecule has 0 aromatic rings. The molecular weight excluding hydrogens is 187 g/mol. The lowest BCUT2D eigenvalue weighted by Gasteiger charge is -2.09. The van der Waals surface area contributed by atoms with Gasteiger partial charge in [0.05, 0.1) is 19.1 Å². The van der Waals surface area contributed by atoms with Crippen molar-refractivity contribution < 1.29 is 23.1 Å². The topological polar surface area (TPSA) is 49.3 Å². The zero-order valence-corrected chi connectivity index (χ0v) is 6.77. The fourth-order valence-corrected chi connectivity index (χ4v) is 1.40. The van der Waals surface area contributed by atoms with Crippen LogP contribution in [-0.4, -0.2) is 29.8 Å². The number of hydrogen-bond acceptors (Lipinski definition) is 2. The van der Waals surface area contributed by atoms with Gasteiger partial charge in [0.2, 0.25) is 5.91 Å². The number of aliphatic hydroxyl groups excluding tert-OH is 1. The van der Waals surface area contributed by atoms with Gasteiger partial charge in [0.15, 0.2) is 0 Å². The Morgan fingerprint density at radius 1 is 1.54 bits per heavy atom. The zero-order chi connectivity index (χ0) is 10.1. The Morgan fingerprint density at radius 2 is 2.15 bits per heavy atom. The molecule has 0 aliphatic carbocycles. The molecule has 1 heterocycles. The first kappa shape index (κ1) is 10.3. The summed E-state index contributed by atoms with van der Waals surface area (Å²) in [6.07, 6.45) is -5.35. The fraction of sp³-hybridized carbons (Fsp3) is 0.857. The second-order valence-corrected chi connectivity index (χ2v) is 3.14. The molecule has 0 saturated carbocycles. The minimum absolute atomic E-state index is 0.0643. The van der Waals surface area contributed by atoms with Crippen molar-refractivity contribution in [1.82, 2.24) is 5.32 Å². The third kappa shape index (κ3) is 2.87. The lowest BCUT2D eigenvalue weighted by molar-refractivity contribution is -0.151. The largest absolute Gasteiger partial charge is 0.394 e. The van der Waals surface area contributed by atoms with Crippen LogP contribution in [0.15, 0.2) is 0 Å². The van der Waals surface area contributed by atoms with Crippen molar-refractivity contribution in [3.8, 4) is 0 Å². The van der Waals surface area contributed by atoms with Gasteiger partial charge in [-0.3, -0.25) is 4.79 Å². The zero-order valence-electron chi connectivity index (χ0n) is 6.77. The van der Waals surface area contributed by atoms with Gasteiger partial charge in [-0.2, -0.15) is 13.2 Å². The van der Waals surface area contributed by atoms with Gasteiger partial charge < -0.3 is 10.4 Å². The summed E-state index contributed by atoms with van der Waals surface area (Å²) in [5.74, 6) is -1.64. The average Bonchev–Trinajstić information content (AvgIpc) is 2.29. The van der Waals surface area contributed by atoms with Crippen molar-refractivity contribution in [2.75, 3.05) is 6.61 Å². The lowest BCUT2D eigenvalue weighted by Crippen LogP contribution is -2.29. The Bertz CT molecular complexity index is 204. The van der Waals surface area contributed by atoms with E-state index < -0.39 is 30.5 Å². The summed E-state index contributed by atoms with van der Waals surface area (Å²) in [6, 6.07) is -0.514. The fourth-order valence-electron chi connectivity index (χ4n) is 1.40. The first-order valence-electron chi connectivity index (χ1n) is 3.90. The van der Waals surface area contributed by atoms with E-state index in [1.807, 2.05) is 0 Å². The van der Waals surface area contributed by atoms with Crippen LogP contribution < -0.4 is 5.32 Å². The molecule has 0 radical (unpaired) electrons. The highest BCUT2D eigenvalue weighted by molar-refractivity contribution is 5.81. The van der Waals surface area contributed by atoms with Gasteiger partial charge in [-0.25, -0.2) is 0 Å². The molecule has 0 aromatic carbocycles. The summed E-state index contributed by atoms with van der Waals surface area (Å²) in [5, 5.41) is 10.9. The van der Waals surface area contributed by atoms with E-state index >= 15 is 0 Å². The van der Waals surface area contributed by atoms with Crippen LogP contribution in [0, 0.1) is 5.92 Å². The Hall–Kier alpha value is -0.780. The molecule has 0 bridgehead atoms. The summed E-state index contributed by atoms with van der Waals surface area (Å²) in [7, 11) is 0. The summed E-state index contributed by atoms with van der Waals surface area (Å²) in [5.41, 5.74) is 0. The van der Waals surface area contributed by atoms with Crippen molar-refractivity contribution >= 4 is 5.91 Å². The summed E-state index contributed by atoms with van der Waals surface area (Å²) < 4.78 is 35.6. The number of aliphatic hydroxyl groups is 1. The van der Waals surface area contributed by atoms with E-state index in [1.165, 1.54) is 0 Å². The van der Waals surface area contributed by atoms with Crippen LogP contribution in [0.4, 0.5) is 13.2 Å². The molecule has 2 N–H and O–H groups in total. The van der Waals surface area contributed by atoms with Gasteiger partial charge in [0.25, 0.3) is 0 Å². The molecule has 6 heteroatoms. The van der Waals surface area contributed by atoms with E-state index in [0.717, 1.165) is 0 Å². The number of alkyl halides is 3. The number of carbonyl (C=O) groups is 1. The maximum Gasteiger partial charge on any atom is 0.389 e. The first-order chi connectivity index (χ1) is 5.92. The Labute approximate surface area is 72.9 Å². The molecule has 3 nitrogen and oxygen atoms in total. The monoisotopic (exact) mass is 197 g/mol. The highest BCUT2D eigenvalue weighted by atomic mass is 19.4. The van der Waals surface area contributed by atoms with Gasteiger partial charge in [-0.1, -0.05) is 0 Å². The van der Waals surface area contributed by atoms with Crippen molar-refractivity contribution in [2.24, 2.45) is 5.92 Å². The minimum atomic E-state index is -4.31. The lowest BCUT2D eigenvalue weighted by atomic mass is 10.0. The molecule has 13 heavy (non-hydrogen) atoms. The predicted molar refractivity (Wildman–Crippen MR) is 37.8 cm³/mol. The molecule has 2 atom stereocenters. The van der Waals surface area contributed by atoms with Crippen molar-refractivity contribution in [1.29, 1.82) is 0 Å². The van der Waals surface area contributed by atoms with Gasteiger partial charge in [-0.05, 0) is 6.42 Å². The van der Waals surface area contributed by atoms with E-state index in [0.29, 0.717) is 0 Å². The SMILES string of the molecule is O=C1N[C@H](CO)C[C@@H]1CC(F)(F)F. The van der Waals surface area contributed by atoms with Crippen molar-refractivity contribution in [3.05, 3.63) is 0 Å². The number of nitrogens with one attached hydrogen (secondary N) is 1. The molecule has 0 spiro atoms. The minimum Gasteiger partial charge on any atom is -0.394 e. The summed E-state index contributed by atoms with van der Waals surface area (Å²) in [6.45, 7) is -0.305. The average molecular weight is 197 g/mol. The number of hydrogen-bond donors (Lipinski definition) is 2. The molecule has 1 aliphatic heterocycles. The van der Waals surface area contributed by atoms with Gasteiger partial charge in [-0.15, -0.1) is 0 Å². The number of amides is 1. The molecule has 1 rings (SSSR count). The van der Waals surface area contributed by atoms with E-state index in [-0.39, 0.29) is 13.0 Å². The van der Waals surface area contributed by atoms with E-state index in [1.54, 1.807) is 0 Å². The number of halogens is 3. The van der Waals surface area contributed by atoms with Crippen LogP contribution in [0.2, 0.25) is 0 Å². The van der Waals surface area contributed by atoms with Crippen LogP contribution in [-0.2, 0) is 4.79 Å². The molecule has 1 saturated heterocycles.